The Bertz CT molecular complexity index is 807. The molecule has 6 nitrogen and oxygen atoms in total. The van der Waals surface area contributed by atoms with E-state index in [9.17, 15) is 5.11 Å². The van der Waals surface area contributed by atoms with Crippen LogP contribution in [0.25, 0.3) is 0 Å². The molecule has 0 bridgehead atoms. The van der Waals surface area contributed by atoms with E-state index in [1.165, 1.54) is 24.2 Å². The number of aliphatic hydroxyl groups excluding tert-OH is 1. The van der Waals surface area contributed by atoms with Gasteiger partial charge in [-0.3, -0.25) is 4.90 Å². The number of likely N-dealkylation sites (N-methyl/N-ethyl adjacent to an activating group) is 1. The van der Waals surface area contributed by atoms with Gasteiger partial charge in [-0.15, -0.1) is 24.0 Å². The molecule has 182 valence electrons. The van der Waals surface area contributed by atoms with Gasteiger partial charge < -0.3 is 20.6 Å². The molecule has 3 rings (SSSR count). The van der Waals surface area contributed by atoms with Crippen molar-refractivity contribution in [3.05, 3.63) is 71.3 Å². The first kappa shape index (κ1) is 27.6. The molecule has 1 heterocycles. The van der Waals surface area contributed by atoms with Crippen LogP contribution in [0.4, 0.5) is 0 Å². The van der Waals surface area contributed by atoms with Crippen molar-refractivity contribution in [3.8, 4) is 0 Å². The van der Waals surface area contributed by atoms with Crippen LogP contribution in [0.5, 0.6) is 0 Å². The van der Waals surface area contributed by atoms with Crippen molar-refractivity contribution in [2.75, 3.05) is 45.8 Å². The number of hydrogen-bond acceptors (Lipinski definition) is 4. The summed E-state index contributed by atoms with van der Waals surface area (Å²) < 4.78 is 0. The molecule has 0 aromatic heterocycles. The minimum absolute atomic E-state index is 0. The Kier molecular flexibility index (Phi) is 12.8. The summed E-state index contributed by atoms with van der Waals surface area (Å²) in [4.78, 5) is 9.76. The van der Waals surface area contributed by atoms with Crippen LogP contribution in [0.1, 0.15) is 43.1 Å². The Balaban J connectivity index is 0.00000385. The van der Waals surface area contributed by atoms with E-state index in [4.69, 9.17) is 4.99 Å². The summed E-state index contributed by atoms with van der Waals surface area (Å²) in [5, 5.41) is 17.0. The fourth-order valence-corrected chi connectivity index (χ4v) is 3.95. The molecule has 0 saturated carbocycles. The van der Waals surface area contributed by atoms with Crippen molar-refractivity contribution in [3.63, 3.8) is 0 Å². The lowest BCUT2D eigenvalue weighted by atomic mass is 10.1. The maximum atomic E-state index is 10.3. The first-order valence-corrected chi connectivity index (χ1v) is 12.0. The van der Waals surface area contributed by atoms with E-state index >= 15 is 0 Å². The van der Waals surface area contributed by atoms with Crippen molar-refractivity contribution < 1.29 is 5.11 Å². The predicted molar refractivity (Wildman–Crippen MR) is 148 cm³/mol. The van der Waals surface area contributed by atoms with Gasteiger partial charge >= 0.3 is 0 Å². The summed E-state index contributed by atoms with van der Waals surface area (Å²) in [5.74, 6) is 0.783. The molecule has 7 heteroatoms. The maximum Gasteiger partial charge on any atom is 0.191 e. The van der Waals surface area contributed by atoms with Gasteiger partial charge in [0.15, 0.2) is 5.96 Å². The lowest BCUT2D eigenvalue weighted by Crippen LogP contribution is -2.45. The van der Waals surface area contributed by atoms with Gasteiger partial charge in [0.05, 0.1) is 12.6 Å². The number of nitrogens with zero attached hydrogens (tertiary/aromatic N) is 3. The zero-order valence-corrected chi connectivity index (χ0v) is 22.4. The monoisotopic (exact) mass is 565 g/mol. The summed E-state index contributed by atoms with van der Waals surface area (Å²) in [6.45, 7) is 13.2. The maximum absolute atomic E-state index is 10.3. The van der Waals surface area contributed by atoms with Crippen LogP contribution in [0, 0.1) is 0 Å². The Hall–Kier alpha value is -1.68. The number of hydrogen-bond donors (Lipinski definition) is 3. The molecule has 0 radical (unpaired) electrons. The average molecular weight is 566 g/mol. The van der Waals surface area contributed by atoms with Gasteiger partial charge in [0, 0.05) is 45.8 Å². The van der Waals surface area contributed by atoms with Crippen LogP contribution in [0.2, 0.25) is 0 Å². The topological polar surface area (TPSA) is 63.1 Å². The van der Waals surface area contributed by atoms with E-state index < -0.39 is 6.10 Å². The largest absolute Gasteiger partial charge is 0.388 e. The van der Waals surface area contributed by atoms with Crippen LogP contribution < -0.4 is 10.6 Å². The van der Waals surface area contributed by atoms with Crippen molar-refractivity contribution in [2.45, 2.75) is 39.5 Å². The van der Waals surface area contributed by atoms with Gasteiger partial charge in [0.25, 0.3) is 0 Å². The molecule has 0 amide bonds. The number of aliphatic hydroxyl groups is 1. The summed E-state index contributed by atoms with van der Waals surface area (Å²) >= 11 is 0. The second kappa shape index (κ2) is 15.3. The zero-order valence-electron chi connectivity index (χ0n) is 20.0. The first-order chi connectivity index (χ1) is 15.7. The Morgan fingerprint density at radius 3 is 2.18 bits per heavy atom. The molecule has 1 saturated heterocycles. The van der Waals surface area contributed by atoms with Gasteiger partial charge in [-0.2, -0.15) is 0 Å². The molecule has 1 atom stereocenters. The Morgan fingerprint density at radius 2 is 1.55 bits per heavy atom. The normalized spacial score (nSPS) is 16.2. The predicted octanol–water partition coefficient (Wildman–Crippen LogP) is 3.62. The Labute approximate surface area is 216 Å². The molecule has 33 heavy (non-hydrogen) atoms. The van der Waals surface area contributed by atoms with Crippen LogP contribution in [-0.2, 0) is 13.1 Å². The van der Waals surface area contributed by atoms with E-state index in [0.29, 0.717) is 19.5 Å². The minimum Gasteiger partial charge on any atom is -0.388 e. The molecule has 1 unspecified atom stereocenters. The molecule has 2 aromatic carbocycles. The molecular formula is C26H40IN5O. The molecule has 1 aliphatic heterocycles. The van der Waals surface area contributed by atoms with E-state index in [-0.39, 0.29) is 24.0 Å². The quantitative estimate of drug-likeness (QED) is 0.234. The number of benzene rings is 2. The fourth-order valence-electron chi connectivity index (χ4n) is 3.95. The van der Waals surface area contributed by atoms with Crippen LogP contribution in [-0.4, -0.2) is 66.7 Å². The highest BCUT2D eigenvalue weighted by Crippen LogP contribution is 2.15. The first-order valence-electron chi connectivity index (χ1n) is 12.0. The van der Waals surface area contributed by atoms with Crippen LogP contribution >= 0.6 is 24.0 Å². The standard InChI is InChI=1S/C26H39N5O.HI/c1-3-27-26(28-15-14-25(32)24-8-6-5-7-9-24)29-20-22-10-12-23(13-11-22)21-31-18-16-30(4-2)17-19-31;/h5-13,25,32H,3-4,14-21H2,1-2H3,(H2,27,28,29);1H. The van der Waals surface area contributed by atoms with Gasteiger partial charge in [0.2, 0.25) is 0 Å². The third-order valence-electron chi connectivity index (χ3n) is 6.00. The molecule has 1 aliphatic rings. The number of aliphatic imine (C=N–C) groups is 1. The Morgan fingerprint density at radius 1 is 0.909 bits per heavy atom. The van der Waals surface area contributed by atoms with Crippen molar-refractivity contribution in [1.82, 2.24) is 20.4 Å². The van der Waals surface area contributed by atoms with E-state index in [2.05, 4.69) is 58.5 Å². The van der Waals surface area contributed by atoms with Crippen molar-refractivity contribution >= 4 is 29.9 Å². The number of nitrogens with one attached hydrogen (secondary N) is 2. The summed E-state index contributed by atoms with van der Waals surface area (Å²) in [7, 11) is 0. The van der Waals surface area contributed by atoms with E-state index in [0.717, 1.165) is 44.2 Å². The van der Waals surface area contributed by atoms with E-state index in [1.54, 1.807) is 0 Å². The van der Waals surface area contributed by atoms with Gasteiger partial charge in [-0.1, -0.05) is 61.5 Å². The fraction of sp³-hybridized carbons (Fsp3) is 0.500. The lowest BCUT2D eigenvalue weighted by molar-refractivity contribution is 0.132. The highest BCUT2D eigenvalue weighted by Gasteiger charge is 2.15. The minimum atomic E-state index is -0.468. The zero-order chi connectivity index (χ0) is 22.6. The summed E-state index contributed by atoms with van der Waals surface area (Å²) in [6.07, 6.45) is 0.166. The number of guanidine groups is 1. The van der Waals surface area contributed by atoms with Gasteiger partial charge in [-0.25, -0.2) is 4.99 Å². The van der Waals surface area contributed by atoms with Crippen molar-refractivity contribution in [2.24, 2.45) is 4.99 Å². The molecule has 0 spiro atoms. The number of halogens is 1. The molecule has 2 aromatic rings. The SMILES string of the molecule is CCNC(=NCc1ccc(CN2CCN(CC)CC2)cc1)NCCC(O)c1ccccc1.I. The summed E-state index contributed by atoms with van der Waals surface area (Å²) in [6, 6.07) is 18.6. The lowest BCUT2D eigenvalue weighted by Gasteiger charge is -2.34. The second-order valence-electron chi connectivity index (χ2n) is 8.36. The summed E-state index contributed by atoms with van der Waals surface area (Å²) in [5.41, 5.74) is 3.51. The average Bonchev–Trinajstić information content (AvgIpc) is 2.84. The smallest absolute Gasteiger partial charge is 0.191 e. The van der Waals surface area contributed by atoms with Gasteiger partial charge in [0.1, 0.15) is 0 Å². The number of rotatable bonds is 10. The highest BCUT2D eigenvalue weighted by atomic mass is 127. The molecule has 3 N–H and O–H groups in total. The molecule has 0 aliphatic carbocycles. The molecular weight excluding hydrogens is 525 g/mol. The number of piperazine rings is 1. The van der Waals surface area contributed by atoms with Crippen molar-refractivity contribution in [1.29, 1.82) is 0 Å². The second-order valence-corrected chi connectivity index (χ2v) is 8.36. The highest BCUT2D eigenvalue weighted by molar-refractivity contribution is 14.0. The third kappa shape index (κ3) is 9.60. The van der Waals surface area contributed by atoms with Crippen LogP contribution in [0.3, 0.4) is 0 Å². The molecule has 1 fully saturated rings. The third-order valence-corrected chi connectivity index (χ3v) is 6.00. The van der Waals surface area contributed by atoms with Gasteiger partial charge in [-0.05, 0) is 36.6 Å². The van der Waals surface area contributed by atoms with Crippen LogP contribution in [0.15, 0.2) is 59.6 Å². The van der Waals surface area contributed by atoms with E-state index in [1.807, 2.05) is 30.3 Å².